The van der Waals surface area contributed by atoms with Gasteiger partial charge >= 0.3 is 0 Å². The molecule has 2 fully saturated rings. The SMILES string of the molecule is CC(C)c1ccccc1OCC(=O)N1C[C@@H]2CN(C(=O)c3ccc4[nH]nnc4c3)C[C@H]2C1. The van der Waals surface area contributed by atoms with Crippen molar-refractivity contribution < 1.29 is 14.3 Å². The maximum absolute atomic E-state index is 13.0. The molecule has 166 valence electrons. The summed E-state index contributed by atoms with van der Waals surface area (Å²) in [6, 6.07) is 13.3. The summed E-state index contributed by atoms with van der Waals surface area (Å²) in [6.45, 7) is 6.95. The van der Waals surface area contributed by atoms with Crippen LogP contribution in [0.15, 0.2) is 42.5 Å². The lowest BCUT2D eigenvalue weighted by molar-refractivity contribution is -0.132. The highest BCUT2D eigenvalue weighted by atomic mass is 16.5. The molecule has 2 aliphatic heterocycles. The summed E-state index contributed by atoms with van der Waals surface area (Å²) in [5.74, 6) is 1.74. The Hall–Kier alpha value is -3.42. The van der Waals surface area contributed by atoms with Crippen molar-refractivity contribution in [3.05, 3.63) is 53.6 Å². The lowest BCUT2D eigenvalue weighted by Gasteiger charge is -2.22. The second-order valence-electron chi connectivity index (χ2n) is 9.05. The fourth-order valence-corrected chi connectivity index (χ4v) is 4.84. The molecule has 2 aromatic carbocycles. The standard InChI is InChI=1S/C24H27N5O3/c1-15(2)19-5-3-4-6-22(19)32-14-23(30)28-10-17-12-29(13-18(17)11-28)24(31)16-7-8-20-21(9-16)26-27-25-20/h3-9,15,17-18H,10-14H2,1-2H3,(H,25,26,27)/t17-,18-/m1/s1. The van der Waals surface area contributed by atoms with Gasteiger partial charge in [-0.25, -0.2) is 0 Å². The van der Waals surface area contributed by atoms with Crippen LogP contribution in [0.2, 0.25) is 0 Å². The monoisotopic (exact) mass is 433 g/mol. The number of nitrogens with one attached hydrogen (secondary N) is 1. The number of aromatic amines is 1. The molecule has 0 bridgehead atoms. The fraction of sp³-hybridized carbons (Fsp3) is 0.417. The molecule has 0 radical (unpaired) electrons. The van der Waals surface area contributed by atoms with Crippen molar-refractivity contribution in [2.75, 3.05) is 32.8 Å². The third-order valence-electron chi connectivity index (χ3n) is 6.59. The summed E-state index contributed by atoms with van der Waals surface area (Å²) in [7, 11) is 0. The summed E-state index contributed by atoms with van der Waals surface area (Å²) >= 11 is 0. The van der Waals surface area contributed by atoms with Gasteiger partial charge in [-0.15, -0.1) is 5.10 Å². The lowest BCUT2D eigenvalue weighted by atomic mass is 10.0. The molecule has 1 N–H and O–H groups in total. The normalized spacial score (nSPS) is 20.2. The molecule has 32 heavy (non-hydrogen) atoms. The molecule has 2 atom stereocenters. The minimum absolute atomic E-state index is 0.00678. The van der Waals surface area contributed by atoms with Crippen LogP contribution in [0.5, 0.6) is 5.75 Å². The number of aromatic nitrogens is 3. The minimum Gasteiger partial charge on any atom is -0.483 e. The molecule has 0 aliphatic carbocycles. The highest BCUT2D eigenvalue weighted by Crippen LogP contribution is 2.32. The molecule has 0 unspecified atom stereocenters. The number of para-hydroxylation sites is 1. The van der Waals surface area contributed by atoms with E-state index in [-0.39, 0.29) is 18.4 Å². The number of likely N-dealkylation sites (tertiary alicyclic amines) is 2. The van der Waals surface area contributed by atoms with E-state index < -0.39 is 0 Å². The van der Waals surface area contributed by atoms with Gasteiger partial charge in [0.1, 0.15) is 11.3 Å². The maximum atomic E-state index is 13.0. The Morgan fingerprint density at radius 1 is 1.06 bits per heavy atom. The smallest absolute Gasteiger partial charge is 0.260 e. The number of nitrogens with zero attached hydrogens (tertiary/aromatic N) is 4. The molecular weight excluding hydrogens is 406 g/mol. The Kier molecular flexibility index (Phi) is 5.28. The molecule has 0 saturated carbocycles. The van der Waals surface area contributed by atoms with Gasteiger partial charge in [0.15, 0.2) is 6.61 Å². The van der Waals surface area contributed by atoms with Gasteiger partial charge in [0.25, 0.3) is 11.8 Å². The number of amides is 2. The van der Waals surface area contributed by atoms with Gasteiger partial charge in [0.2, 0.25) is 0 Å². The molecule has 2 saturated heterocycles. The van der Waals surface area contributed by atoms with E-state index in [1.54, 1.807) is 12.1 Å². The molecule has 3 aromatic rings. The van der Waals surface area contributed by atoms with Crippen molar-refractivity contribution in [1.29, 1.82) is 0 Å². The second-order valence-corrected chi connectivity index (χ2v) is 9.05. The zero-order chi connectivity index (χ0) is 22.2. The molecule has 0 spiro atoms. The average molecular weight is 434 g/mol. The first-order valence-electron chi connectivity index (χ1n) is 11.1. The molecule has 2 amide bonds. The largest absolute Gasteiger partial charge is 0.483 e. The molecule has 8 heteroatoms. The van der Waals surface area contributed by atoms with Crippen molar-refractivity contribution in [3.8, 4) is 5.75 Å². The second kappa shape index (κ2) is 8.26. The van der Waals surface area contributed by atoms with Crippen LogP contribution in [0.1, 0.15) is 35.7 Å². The zero-order valence-electron chi connectivity index (χ0n) is 18.3. The minimum atomic E-state index is 0.00678. The predicted octanol–water partition coefficient (Wildman–Crippen LogP) is 2.69. The van der Waals surface area contributed by atoms with Gasteiger partial charge in [-0.3, -0.25) is 14.7 Å². The zero-order valence-corrected chi connectivity index (χ0v) is 18.3. The van der Waals surface area contributed by atoms with Crippen LogP contribution >= 0.6 is 0 Å². The number of hydrogen-bond donors (Lipinski definition) is 1. The van der Waals surface area contributed by atoms with Crippen molar-refractivity contribution in [2.45, 2.75) is 19.8 Å². The number of carbonyl (C=O) groups excluding carboxylic acids is 2. The van der Waals surface area contributed by atoms with Crippen LogP contribution in [0.3, 0.4) is 0 Å². The number of carbonyl (C=O) groups is 2. The van der Waals surface area contributed by atoms with Crippen LogP contribution in [0, 0.1) is 11.8 Å². The maximum Gasteiger partial charge on any atom is 0.260 e. The van der Waals surface area contributed by atoms with Crippen molar-refractivity contribution in [3.63, 3.8) is 0 Å². The lowest BCUT2D eigenvalue weighted by Crippen LogP contribution is -2.37. The first-order valence-corrected chi connectivity index (χ1v) is 11.1. The molecule has 2 aliphatic rings. The fourth-order valence-electron chi connectivity index (χ4n) is 4.84. The van der Waals surface area contributed by atoms with Crippen LogP contribution in [0.25, 0.3) is 11.0 Å². The molecule has 8 nitrogen and oxygen atoms in total. The third kappa shape index (κ3) is 3.81. The molecule has 3 heterocycles. The molecule has 5 rings (SSSR count). The van der Waals surface area contributed by atoms with E-state index >= 15 is 0 Å². The van der Waals surface area contributed by atoms with Gasteiger partial charge in [0.05, 0.1) is 5.52 Å². The number of hydrogen-bond acceptors (Lipinski definition) is 5. The van der Waals surface area contributed by atoms with Gasteiger partial charge in [-0.1, -0.05) is 37.3 Å². The number of ether oxygens (including phenoxy) is 1. The Morgan fingerprint density at radius 3 is 2.53 bits per heavy atom. The van der Waals surface area contributed by atoms with E-state index in [0.29, 0.717) is 55.0 Å². The third-order valence-corrected chi connectivity index (χ3v) is 6.59. The first-order chi connectivity index (χ1) is 15.5. The van der Waals surface area contributed by atoms with E-state index in [1.165, 1.54) is 0 Å². The number of benzene rings is 2. The highest BCUT2D eigenvalue weighted by molar-refractivity contribution is 5.97. The van der Waals surface area contributed by atoms with Crippen LogP contribution in [-0.4, -0.2) is 69.8 Å². The summed E-state index contributed by atoms with van der Waals surface area (Å²) in [5, 5.41) is 10.6. The number of H-pyrrole nitrogens is 1. The highest BCUT2D eigenvalue weighted by Gasteiger charge is 2.43. The molecular formula is C24H27N5O3. The average Bonchev–Trinajstić information content (AvgIpc) is 3.51. The Bertz CT molecular complexity index is 1140. The first kappa shape index (κ1) is 20.5. The van der Waals surface area contributed by atoms with Crippen molar-refractivity contribution in [1.82, 2.24) is 25.2 Å². The van der Waals surface area contributed by atoms with Gasteiger partial charge in [0, 0.05) is 43.6 Å². The van der Waals surface area contributed by atoms with E-state index in [0.717, 1.165) is 16.8 Å². The predicted molar refractivity (Wildman–Crippen MR) is 119 cm³/mol. The number of fused-ring (bicyclic) bond motifs is 2. The van der Waals surface area contributed by atoms with Crippen LogP contribution in [0.4, 0.5) is 0 Å². The molecule has 1 aromatic heterocycles. The van der Waals surface area contributed by atoms with Gasteiger partial charge in [-0.2, -0.15) is 0 Å². The van der Waals surface area contributed by atoms with E-state index in [4.69, 9.17) is 4.74 Å². The van der Waals surface area contributed by atoms with Gasteiger partial charge in [-0.05, 0) is 35.7 Å². The topological polar surface area (TPSA) is 91.4 Å². The summed E-state index contributed by atoms with van der Waals surface area (Å²) in [4.78, 5) is 29.5. The van der Waals surface area contributed by atoms with Gasteiger partial charge < -0.3 is 14.5 Å². The van der Waals surface area contributed by atoms with E-state index in [1.807, 2.05) is 40.1 Å². The number of rotatable bonds is 5. The van der Waals surface area contributed by atoms with Crippen LogP contribution in [-0.2, 0) is 4.79 Å². The van der Waals surface area contributed by atoms with E-state index in [9.17, 15) is 9.59 Å². The van der Waals surface area contributed by atoms with Crippen molar-refractivity contribution in [2.24, 2.45) is 11.8 Å². The Morgan fingerprint density at radius 2 is 1.78 bits per heavy atom. The quantitative estimate of drug-likeness (QED) is 0.668. The summed E-state index contributed by atoms with van der Waals surface area (Å²) < 4.78 is 5.87. The van der Waals surface area contributed by atoms with E-state index in [2.05, 4.69) is 29.3 Å². The van der Waals surface area contributed by atoms with Crippen molar-refractivity contribution >= 4 is 22.8 Å². The van der Waals surface area contributed by atoms with Crippen LogP contribution < -0.4 is 4.74 Å². The summed E-state index contributed by atoms with van der Waals surface area (Å²) in [6.07, 6.45) is 0. The Balaban J connectivity index is 1.17. The summed E-state index contributed by atoms with van der Waals surface area (Å²) in [5.41, 5.74) is 3.23. The Labute approximate surface area is 186 Å².